The monoisotopic (exact) mass is 328 g/mol. The Hall–Kier alpha value is -2.50. The molecule has 126 valence electrons. The van der Waals surface area contributed by atoms with E-state index in [4.69, 9.17) is 0 Å². The Labute approximate surface area is 140 Å². The standard InChI is InChI=1S/C18H21FN4O/c19-15-8-4-1-5-13(15)11-12-20-18(24)16-9-10-17(23-22-16)21-14-6-2-3-7-14/h1,4-5,8-10,14H,2-3,6-7,11-12H2,(H,20,24)(H,21,23). The summed E-state index contributed by atoms with van der Waals surface area (Å²) in [7, 11) is 0. The summed E-state index contributed by atoms with van der Waals surface area (Å²) in [4.78, 5) is 12.0. The van der Waals surface area contributed by atoms with Crippen LogP contribution in [0.5, 0.6) is 0 Å². The first-order chi connectivity index (χ1) is 11.7. The van der Waals surface area contributed by atoms with Gasteiger partial charge in [-0.1, -0.05) is 31.0 Å². The van der Waals surface area contributed by atoms with Crippen LogP contribution in [0.1, 0.15) is 41.7 Å². The lowest BCUT2D eigenvalue weighted by atomic mass is 10.1. The molecule has 1 aromatic carbocycles. The van der Waals surface area contributed by atoms with Gasteiger partial charge in [-0.25, -0.2) is 4.39 Å². The lowest BCUT2D eigenvalue weighted by Gasteiger charge is -2.12. The number of halogens is 1. The van der Waals surface area contributed by atoms with E-state index in [-0.39, 0.29) is 17.4 Å². The SMILES string of the molecule is O=C(NCCc1ccccc1F)c1ccc(NC2CCCC2)nn1. The quantitative estimate of drug-likeness (QED) is 0.855. The van der Waals surface area contributed by atoms with Crippen molar-refractivity contribution in [1.29, 1.82) is 0 Å². The average Bonchev–Trinajstić information content (AvgIpc) is 3.10. The summed E-state index contributed by atoms with van der Waals surface area (Å²) in [5.41, 5.74) is 0.848. The molecule has 0 spiro atoms. The summed E-state index contributed by atoms with van der Waals surface area (Å²) in [5, 5.41) is 14.1. The van der Waals surface area contributed by atoms with Gasteiger partial charge in [0.2, 0.25) is 0 Å². The number of carbonyl (C=O) groups is 1. The van der Waals surface area contributed by atoms with E-state index in [1.54, 1.807) is 30.3 Å². The molecule has 1 aliphatic carbocycles. The van der Waals surface area contributed by atoms with Gasteiger partial charge in [0.25, 0.3) is 5.91 Å². The van der Waals surface area contributed by atoms with Crippen molar-refractivity contribution in [3.05, 3.63) is 53.5 Å². The minimum Gasteiger partial charge on any atom is -0.366 e. The largest absolute Gasteiger partial charge is 0.366 e. The van der Waals surface area contributed by atoms with E-state index < -0.39 is 0 Å². The fourth-order valence-electron chi connectivity index (χ4n) is 2.91. The first kappa shape index (κ1) is 16.4. The number of rotatable bonds is 6. The maximum absolute atomic E-state index is 13.5. The van der Waals surface area contributed by atoms with Crippen molar-refractivity contribution in [3.8, 4) is 0 Å². The lowest BCUT2D eigenvalue weighted by molar-refractivity contribution is 0.0948. The molecule has 1 aliphatic rings. The van der Waals surface area contributed by atoms with Crippen molar-refractivity contribution >= 4 is 11.7 Å². The second-order valence-corrected chi connectivity index (χ2v) is 6.03. The molecule has 3 rings (SSSR count). The number of aromatic nitrogens is 2. The third-order valence-electron chi connectivity index (χ3n) is 4.24. The second-order valence-electron chi connectivity index (χ2n) is 6.03. The van der Waals surface area contributed by atoms with Crippen LogP contribution in [-0.2, 0) is 6.42 Å². The van der Waals surface area contributed by atoms with Crippen LogP contribution in [0, 0.1) is 5.82 Å². The highest BCUT2D eigenvalue weighted by Crippen LogP contribution is 2.21. The van der Waals surface area contributed by atoms with Crippen molar-refractivity contribution in [2.45, 2.75) is 38.1 Å². The summed E-state index contributed by atoms with van der Waals surface area (Å²) >= 11 is 0. The summed E-state index contributed by atoms with van der Waals surface area (Å²) in [6, 6.07) is 10.4. The molecule has 0 radical (unpaired) electrons. The molecule has 0 saturated heterocycles. The topological polar surface area (TPSA) is 66.9 Å². The third-order valence-corrected chi connectivity index (χ3v) is 4.24. The molecule has 1 heterocycles. The molecule has 2 N–H and O–H groups in total. The number of nitrogens with one attached hydrogen (secondary N) is 2. The maximum atomic E-state index is 13.5. The zero-order chi connectivity index (χ0) is 16.8. The number of hydrogen-bond acceptors (Lipinski definition) is 4. The minimum absolute atomic E-state index is 0.256. The van der Waals surface area contributed by atoms with E-state index in [1.165, 1.54) is 18.9 Å². The van der Waals surface area contributed by atoms with Crippen LogP contribution >= 0.6 is 0 Å². The number of carbonyl (C=O) groups excluding carboxylic acids is 1. The normalized spacial score (nSPS) is 14.5. The number of anilines is 1. The Balaban J connectivity index is 1.48. The van der Waals surface area contributed by atoms with Gasteiger partial charge in [0.1, 0.15) is 11.6 Å². The van der Waals surface area contributed by atoms with E-state index in [9.17, 15) is 9.18 Å². The van der Waals surface area contributed by atoms with E-state index in [0.717, 1.165) is 12.8 Å². The van der Waals surface area contributed by atoms with E-state index in [1.807, 2.05) is 0 Å². The molecule has 5 nitrogen and oxygen atoms in total. The van der Waals surface area contributed by atoms with E-state index in [0.29, 0.717) is 30.4 Å². The third kappa shape index (κ3) is 4.28. The first-order valence-electron chi connectivity index (χ1n) is 8.34. The van der Waals surface area contributed by atoms with Crippen molar-refractivity contribution in [2.24, 2.45) is 0 Å². The summed E-state index contributed by atoms with van der Waals surface area (Å²) in [6.45, 7) is 0.351. The predicted octanol–water partition coefficient (Wildman–Crippen LogP) is 2.94. The van der Waals surface area contributed by atoms with Gasteiger partial charge in [0, 0.05) is 12.6 Å². The first-order valence-corrected chi connectivity index (χ1v) is 8.34. The molecular weight excluding hydrogens is 307 g/mol. The number of nitrogens with zero attached hydrogens (tertiary/aromatic N) is 2. The van der Waals surface area contributed by atoms with Gasteiger partial charge in [0.05, 0.1) is 0 Å². The van der Waals surface area contributed by atoms with Crippen LogP contribution in [0.3, 0.4) is 0 Å². The van der Waals surface area contributed by atoms with Gasteiger partial charge in [-0.05, 0) is 43.0 Å². The molecule has 1 aromatic heterocycles. The number of hydrogen-bond donors (Lipinski definition) is 2. The zero-order valence-electron chi connectivity index (χ0n) is 13.5. The molecule has 6 heteroatoms. The smallest absolute Gasteiger partial charge is 0.271 e. The Bertz CT molecular complexity index is 684. The molecule has 0 aliphatic heterocycles. The molecular formula is C18H21FN4O. The highest BCUT2D eigenvalue weighted by atomic mass is 19.1. The van der Waals surface area contributed by atoms with Crippen LogP contribution in [-0.4, -0.2) is 28.7 Å². The Morgan fingerprint density at radius 1 is 1.12 bits per heavy atom. The Kier molecular flexibility index (Phi) is 5.36. The minimum atomic E-state index is -0.300. The fraction of sp³-hybridized carbons (Fsp3) is 0.389. The van der Waals surface area contributed by atoms with Crippen molar-refractivity contribution < 1.29 is 9.18 Å². The molecule has 1 saturated carbocycles. The average molecular weight is 328 g/mol. The molecule has 1 amide bonds. The summed E-state index contributed by atoms with van der Waals surface area (Å²) in [6.07, 6.45) is 5.23. The Morgan fingerprint density at radius 3 is 2.62 bits per heavy atom. The van der Waals surface area contributed by atoms with E-state index in [2.05, 4.69) is 20.8 Å². The summed E-state index contributed by atoms with van der Waals surface area (Å²) in [5.74, 6) is 0.143. The van der Waals surface area contributed by atoms with Crippen LogP contribution in [0.25, 0.3) is 0 Å². The van der Waals surface area contributed by atoms with Crippen LogP contribution in [0.15, 0.2) is 36.4 Å². The van der Waals surface area contributed by atoms with Crippen molar-refractivity contribution in [2.75, 3.05) is 11.9 Å². The van der Waals surface area contributed by atoms with Gasteiger partial charge in [-0.2, -0.15) is 0 Å². The molecule has 2 aromatic rings. The Morgan fingerprint density at radius 2 is 1.92 bits per heavy atom. The van der Waals surface area contributed by atoms with Gasteiger partial charge in [0.15, 0.2) is 5.69 Å². The lowest BCUT2D eigenvalue weighted by Crippen LogP contribution is -2.27. The highest BCUT2D eigenvalue weighted by Gasteiger charge is 2.15. The summed E-state index contributed by atoms with van der Waals surface area (Å²) < 4.78 is 13.5. The molecule has 0 unspecified atom stereocenters. The van der Waals surface area contributed by atoms with Gasteiger partial charge >= 0.3 is 0 Å². The van der Waals surface area contributed by atoms with Gasteiger partial charge in [-0.15, -0.1) is 10.2 Å². The van der Waals surface area contributed by atoms with Crippen LogP contribution in [0.4, 0.5) is 10.2 Å². The second kappa shape index (κ2) is 7.86. The fourth-order valence-corrected chi connectivity index (χ4v) is 2.91. The highest BCUT2D eigenvalue weighted by molar-refractivity contribution is 5.92. The molecule has 0 atom stereocenters. The number of amides is 1. The maximum Gasteiger partial charge on any atom is 0.271 e. The predicted molar refractivity (Wildman–Crippen MR) is 90.3 cm³/mol. The molecule has 1 fully saturated rings. The van der Waals surface area contributed by atoms with Crippen LogP contribution in [0.2, 0.25) is 0 Å². The van der Waals surface area contributed by atoms with E-state index >= 15 is 0 Å². The van der Waals surface area contributed by atoms with Gasteiger partial charge < -0.3 is 10.6 Å². The molecule has 24 heavy (non-hydrogen) atoms. The number of benzene rings is 1. The van der Waals surface area contributed by atoms with Crippen LogP contribution < -0.4 is 10.6 Å². The van der Waals surface area contributed by atoms with Crippen molar-refractivity contribution in [1.82, 2.24) is 15.5 Å². The molecule has 0 bridgehead atoms. The van der Waals surface area contributed by atoms with Crippen molar-refractivity contribution in [3.63, 3.8) is 0 Å². The van der Waals surface area contributed by atoms with Gasteiger partial charge in [-0.3, -0.25) is 4.79 Å². The zero-order valence-corrected chi connectivity index (χ0v) is 13.5.